The first-order chi connectivity index (χ1) is 8.58. The molecule has 4 heteroatoms. The molecule has 4 nitrogen and oxygen atoms in total. The van der Waals surface area contributed by atoms with Gasteiger partial charge >= 0.3 is 0 Å². The van der Waals surface area contributed by atoms with E-state index in [9.17, 15) is 0 Å². The van der Waals surface area contributed by atoms with Crippen molar-refractivity contribution in [1.29, 1.82) is 0 Å². The number of rotatable bonds is 3. The summed E-state index contributed by atoms with van der Waals surface area (Å²) in [6, 6.07) is 3.89. The lowest BCUT2D eigenvalue weighted by Gasteiger charge is -2.32. The van der Waals surface area contributed by atoms with Crippen molar-refractivity contribution in [2.75, 3.05) is 0 Å². The molecule has 1 aliphatic rings. The fourth-order valence-electron chi connectivity index (χ4n) is 2.46. The summed E-state index contributed by atoms with van der Waals surface area (Å²) in [6.07, 6.45) is 2.54. The van der Waals surface area contributed by atoms with Crippen molar-refractivity contribution in [1.82, 2.24) is 4.98 Å². The zero-order chi connectivity index (χ0) is 13.1. The molecule has 100 valence electrons. The van der Waals surface area contributed by atoms with Crippen LogP contribution in [0.5, 0.6) is 5.88 Å². The van der Waals surface area contributed by atoms with Gasteiger partial charge in [-0.05, 0) is 26.3 Å². The maximum atomic E-state index is 5.94. The zero-order valence-corrected chi connectivity index (χ0v) is 11.3. The molecular formula is C14H22N2O2. The Labute approximate surface area is 108 Å². The molecular weight excluding hydrogens is 228 g/mol. The normalized spacial score (nSPS) is 28.1. The average molecular weight is 250 g/mol. The van der Waals surface area contributed by atoms with Gasteiger partial charge in [0.1, 0.15) is 6.10 Å². The SMILES string of the molecule is Cc1nc(OC2CC(C)OC(C)C2)ccc1CN. The van der Waals surface area contributed by atoms with E-state index >= 15 is 0 Å². The summed E-state index contributed by atoms with van der Waals surface area (Å²) in [6.45, 7) is 6.65. The quantitative estimate of drug-likeness (QED) is 0.893. The molecule has 2 unspecified atom stereocenters. The molecule has 18 heavy (non-hydrogen) atoms. The van der Waals surface area contributed by atoms with Crippen LogP contribution in [-0.2, 0) is 11.3 Å². The standard InChI is InChI=1S/C14H22N2O2/c1-9-6-13(7-10(2)17-9)18-14-5-4-12(8-15)11(3)16-14/h4-5,9-10,13H,6-8,15H2,1-3H3. The Kier molecular flexibility index (Phi) is 4.19. The summed E-state index contributed by atoms with van der Waals surface area (Å²) in [7, 11) is 0. The number of nitrogens with zero attached hydrogens (tertiary/aromatic N) is 1. The summed E-state index contributed by atoms with van der Waals surface area (Å²) >= 11 is 0. The van der Waals surface area contributed by atoms with Gasteiger partial charge in [-0.15, -0.1) is 0 Å². The van der Waals surface area contributed by atoms with Crippen LogP contribution in [0.25, 0.3) is 0 Å². The van der Waals surface area contributed by atoms with E-state index in [2.05, 4.69) is 18.8 Å². The third-order valence-electron chi connectivity index (χ3n) is 3.33. The van der Waals surface area contributed by atoms with Crippen molar-refractivity contribution in [2.45, 2.75) is 58.5 Å². The molecule has 0 aromatic carbocycles. The summed E-state index contributed by atoms with van der Waals surface area (Å²) in [5.41, 5.74) is 7.64. The molecule has 0 radical (unpaired) electrons. The fraction of sp³-hybridized carbons (Fsp3) is 0.643. The van der Waals surface area contributed by atoms with Gasteiger partial charge in [0.25, 0.3) is 0 Å². The highest BCUT2D eigenvalue weighted by molar-refractivity contribution is 5.24. The molecule has 0 amide bonds. The van der Waals surface area contributed by atoms with E-state index < -0.39 is 0 Å². The van der Waals surface area contributed by atoms with Gasteiger partial charge in [-0.25, -0.2) is 4.98 Å². The number of nitrogens with two attached hydrogens (primary N) is 1. The highest BCUT2D eigenvalue weighted by atomic mass is 16.5. The third-order valence-corrected chi connectivity index (χ3v) is 3.33. The van der Waals surface area contributed by atoms with E-state index in [1.54, 1.807) is 0 Å². The van der Waals surface area contributed by atoms with E-state index in [-0.39, 0.29) is 18.3 Å². The first kappa shape index (κ1) is 13.3. The Morgan fingerprint density at radius 1 is 1.33 bits per heavy atom. The number of aryl methyl sites for hydroxylation is 1. The number of hydrogen-bond acceptors (Lipinski definition) is 4. The van der Waals surface area contributed by atoms with Crippen LogP contribution in [0.4, 0.5) is 0 Å². The second kappa shape index (κ2) is 5.67. The molecule has 0 aliphatic carbocycles. The maximum Gasteiger partial charge on any atom is 0.213 e. The van der Waals surface area contributed by atoms with Gasteiger partial charge in [0.15, 0.2) is 0 Å². The summed E-state index contributed by atoms with van der Waals surface area (Å²) in [5.74, 6) is 0.691. The first-order valence-electron chi connectivity index (χ1n) is 6.57. The second-order valence-corrected chi connectivity index (χ2v) is 5.07. The van der Waals surface area contributed by atoms with Crippen molar-refractivity contribution in [2.24, 2.45) is 5.73 Å². The van der Waals surface area contributed by atoms with Crippen LogP contribution in [0.1, 0.15) is 37.9 Å². The molecule has 1 aliphatic heterocycles. The minimum Gasteiger partial charge on any atom is -0.474 e. The van der Waals surface area contributed by atoms with Crippen molar-refractivity contribution in [3.63, 3.8) is 0 Å². The van der Waals surface area contributed by atoms with Gasteiger partial charge in [0.05, 0.1) is 12.2 Å². The molecule has 2 heterocycles. The van der Waals surface area contributed by atoms with Gasteiger partial charge in [-0.1, -0.05) is 6.07 Å². The monoisotopic (exact) mass is 250 g/mol. The Morgan fingerprint density at radius 3 is 2.56 bits per heavy atom. The maximum absolute atomic E-state index is 5.94. The molecule has 1 saturated heterocycles. The summed E-state index contributed by atoms with van der Waals surface area (Å²) < 4.78 is 11.6. The van der Waals surface area contributed by atoms with Crippen LogP contribution in [-0.4, -0.2) is 23.3 Å². The smallest absolute Gasteiger partial charge is 0.213 e. The molecule has 1 fully saturated rings. The predicted molar refractivity (Wildman–Crippen MR) is 70.5 cm³/mol. The largest absolute Gasteiger partial charge is 0.474 e. The van der Waals surface area contributed by atoms with Gasteiger partial charge in [-0.3, -0.25) is 0 Å². The number of hydrogen-bond donors (Lipinski definition) is 1. The van der Waals surface area contributed by atoms with Crippen LogP contribution < -0.4 is 10.5 Å². The van der Waals surface area contributed by atoms with E-state index in [0.29, 0.717) is 12.4 Å². The highest BCUT2D eigenvalue weighted by Gasteiger charge is 2.26. The van der Waals surface area contributed by atoms with Crippen molar-refractivity contribution < 1.29 is 9.47 Å². The van der Waals surface area contributed by atoms with Gasteiger partial charge in [-0.2, -0.15) is 0 Å². The van der Waals surface area contributed by atoms with Crippen LogP contribution >= 0.6 is 0 Å². The number of aromatic nitrogens is 1. The zero-order valence-electron chi connectivity index (χ0n) is 11.3. The third kappa shape index (κ3) is 3.21. The molecule has 2 rings (SSSR count). The van der Waals surface area contributed by atoms with Crippen LogP contribution in [0.15, 0.2) is 12.1 Å². The lowest BCUT2D eigenvalue weighted by atomic mass is 10.0. The van der Waals surface area contributed by atoms with E-state index in [1.807, 2.05) is 19.1 Å². The van der Waals surface area contributed by atoms with Gasteiger partial charge in [0.2, 0.25) is 5.88 Å². The molecule has 0 spiro atoms. The van der Waals surface area contributed by atoms with E-state index in [4.69, 9.17) is 15.2 Å². The molecule has 0 saturated carbocycles. The number of pyridine rings is 1. The van der Waals surface area contributed by atoms with E-state index in [1.165, 1.54) is 0 Å². The lowest BCUT2D eigenvalue weighted by Crippen LogP contribution is -2.35. The summed E-state index contributed by atoms with van der Waals surface area (Å²) in [4.78, 5) is 4.45. The average Bonchev–Trinajstić information content (AvgIpc) is 2.27. The van der Waals surface area contributed by atoms with Crippen LogP contribution in [0.3, 0.4) is 0 Å². The van der Waals surface area contributed by atoms with Crippen molar-refractivity contribution >= 4 is 0 Å². The van der Waals surface area contributed by atoms with Crippen molar-refractivity contribution in [3.05, 3.63) is 23.4 Å². The minimum absolute atomic E-state index is 0.194. The number of ether oxygens (including phenoxy) is 2. The highest BCUT2D eigenvalue weighted by Crippen LogP contribution is 2.23. The summed E-state index contributed by atoms with van der Waals surface area (Å²) in [5, 5.41) is 0. The predicted octanol–water partition coefficient (Wildman–Crippen LogP) is 2.18. The van der Waals surface area contributed by atoms with Gasteiger partial charge in [0, 0.05) is 31.1 Å². The van der Waals surface area contributed by atoms with Crippen molar-refractivity contribution in [3.8, 4) is 5.88 Å². The minimum atomic E-state index is 0.194. The Morgan fingerprint density at radius 2 is 2.00 bits per heavy atom. The molecule has 2 N–H and O–H groups in total. The molecule has 0 bridgehead atoms. The second-order valence-electron chi connectivity index (χ2n) is 5.07. The Balaban J connectivity index is 2.02. The Hall–Kier alpha value is -1.13. The first-order valence-corrected chi connectivity index (χ1v) is 6.57. The van der Waals surface area contributed by atoms with Crippen LogP contribution in [0.2, 0.25) is 0 Å². The Bertz CT molecular complexity index is 399. The molecule has 1 aromatic rings. The van der Waals surface area contributed by atoms with E-state index in [0.717, 1.165) is 24.1 Å². The van der Waals surface area contributed by atoms with Crippen LogP contribution in [0, 0.1) is 6.92 Å². The lowest BCUT2D eigenvalue weighted by molar-refractivity contribution is -0.0729. The molecule has 1 aromatic heterocycles. The topological polar surface area (TPSA) is 57.4 Å². The molecule has 2 atom stereocenters. The van der Waals surface area contributed by atoms with Gasteiger partial charge < -0.3 is 15.2 Å². The fourth-order valence-corrected chi connectivity index (χ4v) is 2.46.